The van der Waals surface area contributed by atoms with E-state index >= 15 is 0 Å². The van der Waals surface area contributed by atoms with Crippen LogP contribution < -0.4 is 0 Å². The van der Waals surface area contributed by atoms with Gasteiger partial charge in [0.2, 0.25) is 10.0 Å². The summed E-state index contributed by atoms with van der Waals surface area (Å²) in [5, 5.41) is 2.09. The fourth-order valence-electron chi connectivity index (χ4n) is 3.77. The van der Waals surface area contributed by atoms with E-state index in [2.05, 4.69) is 8.75 Å². The van der Waals surface area contributed by atoms with E-state index in [1.807, 2.05) is 42.5 Å². The molecule has 0 radical (unpaired) electrons. The first kappa shape index (κ1) is 19.1. The Morgan fingerprint density at radius 3 is 2.43 bits per heavy atom. The quantitative estimate of drug-likeness (QED) is 0.491. The fraction of sp³-hybridized carbons (Fsp3) is 0.190. The molecule has 0 spiro atoms. The van der Waals surface area contributed by atoms with Crippen LogP contribution in [0, 0.1) is 0 Å². The molecule has 0 aliphatic carbocycles. The van der Waals surface area contributed by atoms with Gasteiger partial charge in [0.1, 0.15) is 15.9 Å². The molecule has 1 aliphatic heterocycles. The van der Waals surface area contributed by atoms with Gasteiger partial charge in [0, 0.05) is 31.7 Å². The lowest BCUT2D eigenvalue weighted by Gasteiger charge is -2.34. The summed E-state index contributed by atoms with van der Waals surface area (Å²) < 4.78 is 36.0. The SMILES string of the molecule is O=C(c1ccc2ccccc2c1)N1CCN(S(=O)(=O)c2cccc3nsnc23)CC1. The number of piperazine rings is 1. The van der Waals surface area contributed by atoms with Crippen molar-refractivity contribution in [1.29, 1.82) is 0 Å². The van der Waals surface area contributed by atoms with Gasteiger partial charge in [-0.15, -0.1) is 0 Å². The van der Waals surface area contributed by atoms with Gasteiger partial charge in [-0.05, 0) is 35.0 Å². The molecule has 4 aromatic rings. The van der Waals surface area contributed by atoms with Crippen LogP contribution in [0.5, 0.6) is 0 Å². The van der Waals surface area contributed by atoms with Crippen molar-refractivity contribution < 1.29 is 13.2 Å². The molecule has 9 heteroatoms. The minimum atomic E-state index is -3.70. The van der Waals surface area contributed by atoms with Crippen molar-refractivity contribution in [2.45, 2.75) is 4.90 Å². The second-order valence-electron chi connectivity index (χ2n) is 7.15. The number of sulfonamides is 1. The Morgan fingerprint density at radius 2 is 1.63 bits per heavy atom. The van der Waals surface area contributed by atoms with Crippen molar-refractivity contribution in [2.24, 2.45) is 0 Å². The molecule has 0 atom stereocenters. The summed E-state index contributed by atoms with van der Waals surface area (Å²) in [6.07, 6.45) is 0. The molecule has 0 N–H and O–H groups in total. The average molecular weight is 439 g/mol. The van der Waals surface area contributed by atoms with Crippen molar-refractivity contribution in [3.8, 4) is 0 Å². The number of carbonyl (C=O) groups excluding carboxylic acids is 1. The van der Waals surface area contributed by atoms with E-state index in [1.54, 1.807) is 23.1 Å². The molecule has 1 fully saturated rings. The zero-order valence-corrected chi connectivity index (χ0v) is 17.6. The predicted molar refractivity (Wildman–Crippen MR) is 116 cm³/mol. The first-order valence-corrected chi connectivity index (χ1v) is 11.7. The van der Waals surface area contributed by atoms with Crippen LogP contribution in [0.15, 0.2) is 65.6 Å². The fourth-order valence-corrected chi connectivity index (χ4v) is 5.94. The van der Waals surface area contributed by atoms with E-state index in [9.17, 15) is 13.2 Å². The predicted octanol–water partition coefficient (Wildman–Crippen LogP) is 2.99. The highest BCUT2D eigenvalue weighted by molar-refractivity contribution is 7.89. The molecular formula is C21H18N4O3S2. The lowest BCUT2D eigenvalue weighted by molar-refractivity contribution is 0.0698. The van der Waals surface area contributed by atoms with E-state index in [-0.39, 0.29) is 23.9 Å². The molecule has 152 valence electrons. The number of benzene rings is 3. The van der Waals surface area contributed by atoms with Crippen molar-refractivity contribution in [2.75, 3.05) is 26.2 Å². The van der Waals surface area contributed by atoms with E-state index in [0.29, 0.717) is 29.7 Å². The number of fused-ring (bicyclic) bond motifs is 2. The molecule has 1 aliphatic rings. The minimum Gasteiger partial charge on any atom is -0.336 e. The Labute approximate surface area is 177 Å². The van der Waals surface area contributed by atoms with Crippen molar-refractivity contribution >= 4 is 49.5 Å². The van der Waals surface area contributed by atoms with Crippen molar-refractivity contribution in [3.63, 3.8) is 0 Å². The number of rotatable bonds is 3. The van der Waals surface area contributed by atoms with Gasteiger partial charge in [-0.2, -0.15) is 13.1 Å². The van der Waals surface area contributed by atoms with Gasteiger partial charge in [-0.1, -0.05) is 36.4 Å². The molecule has 3 aromatic carbocycles. The summed E-state index contributed by atoms with van der Waals surface area (Å²) in [4.78, 5) is 14.8. The van der Waals surface area contributed by atoms with Gasteiger partial charge in [0.15, 0.2) is 0 Å². The highest BCUT2D eigenvalue weighted by Crippen LogP contribution is 2.25. The minimum absolute atomic E-state index is 0.0800. The van der Waals surface area contributed by atoms with Crippen LogP contribution in [0.2, 0.25) is 0 Å². The monoisotopic (exact) mass is 438 g/mol. The third kappa shape index (κ3) is 3.24. The third-order valence-electron chi connectivity index (χ3n) is 5.39. The summed E-state index contributed by atoms with van der Waals surface area (Å²) in [5.74, 6) is -0.0800. The normalized spacial score (nSPS) is 15.7. The smallest absolute Gasteiger partial charge is 0.253 e. The van der Waals surface area contributed by atoms with E-state index in [0.717, 1.165) is 22.5 Å². The van der Waals surface area contributed by atoms with Crippen LogP contribution in [0.25, 0.3) is 21.8 Å². The Bertz CT molecular complexity index is 1360. The van der Waals surface area contributed by atoms with Crippen LogP contribution >= 0.6 is 11.7 Å². The van der Waals surface area contributed by atoms with Crippen molar-refractivity contribution in [1.82, 2.24) is 18.0 Å². The standard InChI is InChI=1S/C21H18N4O3S2/c26-21(17-9-8-15-4-1-2-5-16(15)14-17)24-10-12-25(13-11-24)30(27,28)19-7-3-6-18-20(19)23-29-22-18/h1-9,14H,10-13H2. The Hall–Kier alpha value is -2.88. The largest absolute Gasteiger partial charge is 0.336 e. The molecule has 5 rings (SSSR count). The van der Waals surface area contributed by atoms with Crippen LogP contribution in [0.1, 0.15) is 10.4 Å². The summed E-state index contributed by atoms with van der Waals surface area (Å²) in [7, 11) is -3.70. The topological polar surface area (TPSA) is 83.5 Å². The highest BCUT2D eigenvalue weighted by atomic mass is 32.2. The Balaban J connectivity index is 1.34. The number of carbonyl (C=O) groups is 1. The first-order valence-electron chi connectivity index (χ1n) is 9.53. The van der Waals surface area contributed by atoms with Gasteiger partial charge >= 0.3 is 0 Å². The van der Waals surface area contributed by atoms with Crippen LogP contribution in [-0.4, -0.2) is 58.5 Å². The third-order valence-corrected chi connectivity index (χ3v) is 7.86. The Kier molecular flexibility index (Phi) is 4.73. The van der Waals surface area contributed by atoms with Crippen LogP contribution in [0.3, 0.4) is 0 Å². The molecule has 1 amide bonds. The van der Waals surface area contributed by atoms with Gasteiger partial charge in [-0.3, -0.25) is 4.79 Å². The first-order chi connectivity index (χ1) is 14.5. The molecule has 2 heterocycles. The molecule has 1 saturated heterocycles. The van der Waals surface area contributed by atoms with Crippen molar-refractivity contribution in [3.05, 3.63) is 66.2 Å². The summed E-state index contributed by atoms with van der Waals surface area (Å²) in [6.45, 7) is 1.18. The van der Waals surface area contributed by atoms with Gasteiger partial charge < -0.3 is 4.90 Å². The number of aromatic nitrogens is 2. The second kappa shape index (κ2) is 7.42. The number of hydrogen-bond donors (Lipinski definition) is 0. The lowest BCUT2D eigenvalue weighted by atomic mass is 10.1. The number of amides is 1. The highest BCUT2D eigenvalue weighted by Gasteiger charge is 2.32. The molecule has 0 unspecified atom stereocenters. The maximum Gasteiger partial charge on any atom is 0.253 e. The maximum atomic E-state index is 13.2. The zero-order chi connectivity index (χ0) is 20.7. The number of hydrogen-bond acceptors (Lipinski definition) is 6. The number of nitrogens with zero attached hydrogens (tertiary/aromatic N) is 4. The molecule has 0 saturated carbocycles. The molecule has 30 heavy (non-hydrogen) atoms. The average Bonchev–Trinajstić information content (AvgIpc) is 3.27. The van der Waals surface area contributed by atoms with E-state index < -0.39 is 10.0 Å². The van der Waals surface area contributed by atoms with Gasteiger partial charge in [-0.25, -0.2) is 8.42 Å². The maximum absolute atomic E-state index is 13.2. The lowest BCUT2D eigenvalue weighted by Crippen LogP contribution is -2.50. The van der Waals surface area contributed by atoms with Crippen LogP contribution in [-0.2, 0) is 10.0 Å². The van der Waals surface area contributed by atoms with E-state index in [1.165, 1.54) is 4.31 Å². The van der Waals surface area contributed by atoms with E-state index in [4.69, 9.17) is 0 Å². The summed E-state index contributed by atoms with van der Waals surface area (Å²) >= 11 is 0.997. The molecule has 7 nitrogen and oxygen atoms in total. The molecule has 1 aromatic heterocycles. The second-order valence-corrected chi connectivity index (χ2v) is 9.58. The molecular weight excluding hydrogens is 420 g/mol. The summed E-state index contributed by atoms with van der Waals surface area (Å²) in [5.41, 5.74) is 1.59. The Morgan fingerprint density at radius 1 is 0.867 bits per heavy atom. The van der Waals surface area contributed by atoms with Crippen LogP contribution in [0.4, 0.5) is 0 Å². The van der Waals surface area contributed by atoms with Gasteiger partial charge in [0.25, 0.3) is 5.91 Å². The molecule has 0 bridgehead atoms. The zero-order valence-electron chi connectivity index (χ0n) is 15.9. The van der Waals surface area contributed by atoms with Gasteiger partial charge in [0.05, 0.1) is 11.7 Å². The summed E-state index contributed by atoms with van der Waals surface area (Å²) in [6, 6.07) is 18.5.